The standard InChI is InChI=1S/C39H78N2O5/c1-6-8-10-12-14-16-18-20-22-24-26-28-32-43-36-34-45-37(35-46-39(42)41(5)31-30-40(3)4)38(36)44-33-29-27-25-23-21-19-17-15-13-11-9-7-2/h36-38H,6-35H2,1-5H3/t36-,37+,38+/m0/s1. The fraction of sp³-hybridized carbons (Fsp3) is 0.974. The number of likely N-dealkylation sites (N-methyl/N-ethyl adjacent to an activating group) is 2. The van der Waals surface area contributed by atoms with Gasteiger partial charge in [-0.2, -0.15) is 0 Å². The van der Waals surface area contributed by atoms with Crippen molar-refractivity contribution in [3.8, 4) is 0 Å². The minimum atomic E-state index is -0.314. The van der Waals surface area contributed by atoms with Gasteiger partial charge in [-0.15, -0.1) is 0 Å². The first-order valence-corrected chi connectivity index (χ1v) is 19.9. The van der Waals surface area contributed by atoms with Crippen molar-refractivity contribution in [2.75, 3.05) is 60.7 Å². The van der Waals surface area contributed by atoms with Gasteiger partial charge in [-0.05, 0) is 26.9 Å². The highest BCUT2D eigenvalue weighted by Crippen LogP contribution is 2.23. The summed E-state index contributed by atoms with van der Waals surface area (Å²) in [5.41, 5.74) is 0. The highest BCUT2D eigenvalue weighted by Gasteiger charge is 2.40. The maximum Gasteiger partial charge on any atom is 0.409 e. The second kappa shape index (κ2) is 31.4. The van der Waals surface area contributed by atoms with Gasteiger partial charge in [0.25, 0.3) is 0 Å². The SMILES string of the molecule is CCCCCCCCCCCCCCO[C@@H]1[C@@H](OCCCCCCCCCCCCCC)CO[C@@H]1COC(=O)N(C)CCN(C)C. The fourth-order valence-electron chi connectivity index (χ4n) is 6.19. The average molecular weight is 655 g/mol. The van der Waals surface area contributed by atoms with Crippen LogP contribution in [0.1, 0.15) is 168 Å². The van der Waals surface area contributed by atoms with E-state index in [-0.39, 0.29) is 31.0 Å². The molecule has 0 aromatic heterocycles. The van der Waals surface area contributed by atoms with Crippen LogP contribution in [0.15, 0.2) is 0 Å². The Balaban J connectivity index is 2.30. The molecule has 0 aliphatic carbocycles. The van der Waals surface area contributed by atoms with E-state index in [2.05, 4.69) is 18.7 Å². The molecule has 0 saturated carbocycles. The molecule has 1 fully saturated rings. The molecule has 274 valence electrons. The number of unbranched alkanes of at least 4 members (excludes halogenated alkanes) is 22. The van der Waals surface area contributed by atoms with Crippen LogP contribution in [0.4, 0.5) is 4.79 Å². The Bertz CT molecular complexity index is 664. The summed E-state index contributed by atoms with van der Waals surface area (Å²) in [7, 11) is 5.78. The summed E-state index contributed by atoms with van der Waals surface area (Å²) in [4.78, 5) is 16.2. The van der Waals surface area contributed by atoms with Crippen LogP contribution in [0.2, 0.25) is 0 Å². The van der Waals surface area contributed by atoms with Gasteiger partial charge in [0.1, 0.15) is 24.9 Å². The van der Waals surface area contributed by atoms with Crippen molar-refractivity contribution >= 4 is 6.09 Å². The van der Waals surface area contributed by atoms with Crippen LogP contribution in [0.5, 0.6) is 0 Å². The summed E-state index contributed by atoms with van der Waals surface area (Å²) in [6.07, 6.45) is 31.1. The first kappa shape index (κ1) is 43.1. The molecule has 1 saturated heterocycles. The van der Waals surface area contributed by atoms with Crippen molar-refractivity contribution in [3.05, 3.63) is 0 Å². The second-order valence-electron chi connectivity index (χ2n) is 14.2. The smallest absolute Gasteiger partial charge is 0.409 e. The molecule has 7 nitrogen and oxygen atoms in total. The summed E-state index contributed by atoms with van der Waals surface area (Å²) < 4.78 is 24.4. The monoisotopic (exact) mass is 655 g/mol. The van der Waals surface area contributed by atoms with Crippen molar-refractivity contribution in [2.45, 2.75) is 186 Å². The molecule has 1 aliphatic rings. The van der Waals surface area contributed by atoms with Gasteiger partial charge < -0.3 is 28.7 Å². The molecule has 1 heterocycles. The lowest BCUT2D eigenvalue weighted by atomic mass is 10.1. The topological polar surface area (TPSA) is 60.5 Å². The Labute approximate surface area is 286 Å². The van der Waals surface area contributed by atoms with E-state index < -0.39 is 0 Å². The molecule has 1 rings (SSSR count). The Morgan fingerprint density at radius 1 is 0.587 bits per heavy atom. The molecular weight excluding hydrogens is 576 g/mol. The molecule has 0 bridgehead atoms. The molecule has 0 spiro atoms. The molecule has 0 aromatic carbocycles. The lowest BCUT2D eigenvalue weighted by Gasteiger charge is -2.25. The van der Waals surface area contributed by atoms with Gasteiger partial charge in [0.05, 0.1) is 6.61 Å². The minimum absolute atomic E-state index is 0.0970. The van der Waals surface area contributed by atoms with Crippen LogP contribution >= 0.6 is 0 Å². The lowest BCUT2D eigenvalue weighted by Crippen LogP contribution is -2.40. The zero-order valence-corrected chi connectivity index (χ0v) is 31.4. The van der Waals surface area contributed by atoms with Crippen LogP contribution in [-0.2, 0) is 18.9 Å². The van der Waals surface area contributed by atoms with E-state index in [1.807, 2.05) is 14.1 Å². The number of rotatable bonds is 33. The van der Waals surface area contributed by atoms with Gasteiger partial charge in [0.15, 0.2) is 0 Å². The lowest BCUT2D eigenvalue weighted by molar-refractivity contribution is -0.0740. The number of carbonyl (C=O) groups is 1. The van der Waals surface area contributed by atoms with Crippen molar-refractivity contribution in [1.29, 1.82) is 0 Å². The number of hydrogen-bond donors (Lipinski definition) is 0. The second-order valence-corrected chi connectivity index (χ2v) is 14.2. The van der Waals surface area contributed by atoms with E-state index in [4.69, 9.17) is 18.9 Å². The third kappa shape index (κ3) is 24.3. The number of ether oxygens (including phenoxy) is 4. The predicted octanol–water partition coefficient (Wildman–Crippen LogP) is 10.2. The van der Waals surface area contributed by atoms with Crippen LogP contribution < -0.4 is 0 Å². The van der Waals surface area contributed by atoms with Gasteiger partial charge in [-0.25, -0.2) is 4.79 Å². The summed E-state index contributed by atoms with van der Waals surface area (Å²) in [5, 5.41) is 0. The zero-order valence-electron chi connectivity index (χ0n) is 31.4. The molecule has 0 aromatic rings. The van der Waals surface area contributed by atoms with Crippen molar-refractivity contribution < 1.29 is 23.7 Å². The first-order chi connectivity index (χ1) is 22.5. The third-order valence-corrected chi connectivity index (χ3v) is 9.41. The van der Waals surface area contributed by atoms with Crippen molar-refractivity contribution in [1.82, 2.24) is 9.80 Å². The average Bonchev–Trinajstić information content (AvgIpc) is 3.44. The largest absolute Gasteiger partial charge is 0.447 e. The van der Waals surface area contributed by atoms with Crippen LogP contribution in [0.25, 0.3) is 0 Å². The molecule has 0 N–H and O–H groups in total. The van der Waals surface area contributed by atoms with Gasteiger partial charge >= 0.3 is 6.09 Å². The number of hydrogen-bond acceptors (Lipinski definition) is 6. The van der Waals surface area contributed by atoms with Crippen LogP contribution in [0, 0.1) is 0 Å². The summed E-state index contributed by atoms with van der Waals surface area (Å²) >= 11 is 0. The highest BCUT2D eigenvalue weighted by molar-refractivity contribution is 5.67. The molecule has 0 radical (unpaired) electrons. The molecule has 1 aliphatic heterocycles. The molecule has 7 heteroatoms. The fourth-order valence-corrected chi connectivity index (χ4v) is 6.19. The Morgan fingerprint density at radius 3 is 1.43 bits per heavy atom. The molecule has 1 amide bonds. The van der Waals surface area contributed by atoms with Gasteiger partial charge in [0, 0.05) is 33.4 Å². The minimum Gasteiger partial charge on any atom is -0.447 e. The highest BCUT2D eigenvalue weighted by atomic mass is 16.6. The van der Waals surface area contributed by atoms with E-state index in [9.17, 15) is 4.79 Å². The van der Waals surface area contributed by atoms with E-state index in [1.54, 1.807) is 11.9 Å². The normalized spacial score (nSPS) is 18.1. The van der Waals surface area contributed by atoms with Crippen molar-refractivity contribution in [3.63, 3.8) is 0 Å². The van der Waals surface area contributed by atoms with E-state index in [1.165, 1.54) is 141 Å². The van der Waals surface area contributed by atoms with E-state index in [0.29, 0.717) is 19.8 Å². The molecular formula is C39H78N2O5. The van der Waals surface area contributed by atoms with Gasteiger partial charge in [-0.1, -0.05) is 155 Å². The maximum absolute atomic E-state index is 12.6. The Kier molecular flexibility index (Phi) is 29.4. The van der Waals surface area contributed by atoms with Gasteiger partial charge in [0.2, 0.25) is 0 Å². The number of nitrogens with zero attached hydrogens (tertiary/aromatic N) is 2. The van der Waals surface area contributed by atoms with Gasteiger partial charge in [-0.3, -0.25) is 0 Å². The van der Waals surface area contributed by atoms with Crippen LogP contribution in [-0.4, -0.2) is 94.9 Å². The first-order valence-electron chi connectivity index (χ1n) is 19.9. The summed E-state index contributed by atoms with van der Waals surface area (Å²) in [6, 6.07) is 0. The Morgan fingerprint density at radius 2 is 1.00 bits per heavy atom. The summed E-state index contributed by atoms with van der Waals surface area (Å²) in [6.45, 7) is 8.13. The van der Waals surface area contributed by atoms with Crippen molar-refractivity contribution in [2.24, 2.45) is 0 Å². The Hall–Kier alpha value is -0.890. The molecule has 3 atom stereocenters. The van der Waals surface area contributed by atoms with E-state index in [0.717, 1.165) is 26.0 Å². The number of amides is 1. The third-order valence-electron chi connectivity index (χ3n) is 9.41. The maximum atomic E-state index is 12.6. The molecule has 0 unspecified atom stereocenters. The van der Waals surface area contributed by atoms with Crippen LogP contribution in [0.3, 0.4) is 0 Å². The number of carbonyl (C=O) groups excluding carboxylic acids is 1. The summed E-state index contributed by atoms with van der Waals surface area (Å²) in [5.74, 6) is 0. The molecule has 46 heavy (non-hydrogen) atoms. The predicted molar refractivity (Wildman–Crippen MR) is 194 cm³/mol. The zero-order chi connectivity index (χ0) is 33.5. The quantitative estimate of drug-likeness (QED) is 0.0657. The van der Waals surface area contributed by atoms with E-state index >= 15 is 0 Å².